The van der Waals surface area contributed by atoms with Gasteiger partial charge in [-0.1, -0.05) is 442 Å². The molecule has 20 aromatic carbocycles. The van der Waals surface area contributed by atoms with Crippen molar-refractivity contribution in [3.05, 3.63) is 482 Å². The van der Waals surface area contributed by atoms with E-state index in [0.29, 0.717) is 0 Å². The molecule has 0 aliphatic heterocycles. The van der Waals surface area contributed by atoms with Crippen molar-refractivity contribution in [1.82, 2.24) is 0 Å². The smallest absolute Gasteiger partial charge is 0.00135 e. The quantitative estimate of drug-likeness (QED) is 0.120. The lowest BCUT2D eigenvalue weighted by Gasteiger charge is -2.09. The lowest BCUT2D eigenvalue weighted by Crippen LogP contribution is -1.81. The van der Waals surface area contributed by atoms with Gasteiger partial charge in [0.05, 0.1) is 0 Å². The Hall–Kier alpha value is -13.5. The molecule has 0 heterocycles. The van der Waals surface area contributed by atoms with E-state index in [4.69, 9.17) is 0 Å². The fraction of sp³-hybridized carbons (Fsp3) is 0.0370. The highest BCUT2D eigenvalue weighted by molar-refractivity contribution is 6.25. The van der Waals surface area contributed by atoms with E-state index in [2.05, 4.69) is 451 Å². The van der Waals surface area contributed by atoms with E-state index in [-0.39, 0.29) is 0 Å². The number of hydrogen-bond acceptors (Lipinski definition) is 0. The maximum Gasteiger partial charge on any atom is -0.00135 e. The standard InChI is InChI=1S/C18H12.C18H14.2C14H10.2C13H10.C10H8.C8H10/c1-2-8-14-13(7-1)15-9-3-4-11-17(15)18-12-6-5-10-16(14)18;1-3-8-15(9-4-1)17-12-7-13-18(14-17)16-10-5-2-6-11-16;1-3-7-13-11(5-1)9-10-12-6-2-4-8-14(12)13;1-2-6-12-10-14-8-4-3-7-13(14)9-11(12)5-1;2*1-3-7-12-10(5-1)9-11-6-2-4-8-13(11)12;1-2-6-10-8-4-3-7-9(10)5-1;1-7-3-5-8(2)6-4-7/h1-12H;1-14H;2*1-10H;2*1-8H,9H2;1-8H;3-6H,1-2H3. The summed E-state index contributed by atoms with van der Waals surface area (Å²) < 4.78 is 0. The zero-order valence-corrected chi connectivity index (χ0v) is 61.1. The van der Waals surface area contributed by atoms with Crippen molar-refractivity contribution in [2.24, 2.45) is 0 Å². The molecular formula is C108H84. The molecule has 0 aromatic heterocycles. The molecule has 516 valence electrons. The van der Waals surface area contributed by atoms with E-state index < -0.39 is 0 Å². The van der Waals surface area contributed by atoms with Gasteiger partial charge in [-0.25, -0.2) is 0 Å². The Kier molecular flexibility index (Phi) is 22.3. The van der Waals surface area contributed by atoms with E-state index in [1.54, 1.807) is 0 Å². The van der Waals surface area contributed by atoms with Crippen LogP contribution in [-0.2, 0) is 12.8 Å². The number of aryl methyl sites for hydroxylation is 2. The average molecular weight is 1380 g/mol. The largest absolute Gasteiger partial charge is 0.0622 e. The van der Waals surface area contributed by atoms with E-state index in [1.807, 2.05) is 12.1 Å². The summed E-state index contributed by atoms with van der Waals surface area (Å²) in [5, 5.41) is 21.2. The first-order valence-electron chi connectivity index (χ1n) is 37.4. The van der Waals surface area contributed by atoms with Crippen LogP contribution in [0.15, 0.2) is 449 Å². The van der Waals surface area contributed by atoms with Crippen LogP contribution < -0.4 is 0 Å². The molecule has 0 saturated carbocycles. The highest BCUT2D eigenvalue weighted by atomic mass is 14.2. The molecule has 20 aromatic rings. The molecule has 2 aliphatic carbocycles. The summed E-state index contributed by atoms with van der Waals surface area (Å²) in [5.74, 6) is 0. The van der Waals surface area contributed by atoms with Crippen molar-refractivity contribution in [2.75, 3.05) is 0 Å². The number of fused-ring (bicyclic) bond motifs is 18. The van der Waals surface area contributed by atoms with Crippen LogP contribution in [0.25, 0.3) is 131 Å². The third kappa shape index (κ3) is 16.8. The summed E-state index contributed by atoms with van der Waals surface area (Å²) in [5.41, 5.74) is 19.2. The molecule has 0 saturated heterocycles. The maximum atomic E-state index is 2.24. The predicted octanol–water partition coefficient (Wildman–Crippen LogP) is 29.8. The summed E-state index contributed by atoms with van der Waals surface area (Å²) in [4.78, 5) is 0. The molecule has 0 heteroatoms. The summed E-state index contributed by atoms with van der Waals surface area (Å²) in [6, 6.07) is 158. The van der Waals surface area contributed by atoms with Crippen molar-refractivity contribution in [2.45, 2.75) is 26.7 Å². The van der Waals surface area contributed by atoms with E-state index in [1.165, 1.54) is 164 Å². The third-order valence-corrected chi connectivity index (χ3v) is 20.3. The van der Waals surface area contributed by atoms with Crippen molar-refractivity contribution in [3.63, 3.8) is 0 Å². The molecule has 0 amide bonds. The van der Waals surface area contributed by atoms with Crippen LogP contribution in [0.1, 0.15) is 33.4 Å². The van der Waals surface area contributed by atoms with Gasteiger partial charge in [-0.05, 0) is 198 Å². The van der Waals surface area contributed by atoms with Crippen molar-refractivity contribution in [3.8, 4) is 44.5 Å². The number of hydrogen-bond donors (Lipinski definition) is 0. The Morgan fingerprint density at radius 1 is 0.139 bits per heavy atom. The van der Waals surface area contributed by atoms with Crippen LogP contribution in [0.5, 0.6) is 0 Å². The van der Waals surface area contributed by atoms with E-state index in [9.17, 15) is 0 Å². The summed E-state index contributed by atoms with van der Waals surface area (Å²) in [7, 11) is 0. The molecule has 0 unspecified atom stereocenters. The molecule has 0 radical (unpaired) electrons. The molecule has 0 fully saturated rings. The van der Waals surface area contributed by atoms with Crippen LogP contribution in [0.3, 0.4) is 0 Å². The van der Waals surface area contributed by atoms with Crippen molar-refractivity contribution in [1.29, 1.82) is 0 Å². The van der Waals surface area contributed by atoms with E-state index >= 15 is 0 Å². The van der Waals surface area contributed by atoms with Gasteiger partial charge in [0.2, 0.25) is 0 Å². The van der Waals surface area contributed by atoms with E-state index in [0.717, 1.165) is 12.8 Å². The van der Waals surface area contributed by atoms with Gasteiger partial charge in [0.15, 0.2) is 0 Å². The minimum atomic E-state index is 1.10. The monoisotopic (exact) mass is 1380 g/mol. The Morgan fingerprint density at radius 3 is 0.639 bits per heavy atom. The topological polar surface area (TPSA) is 0 Å². The maximum absolute atomic E-state index is 2.24. The van der Waals surface area contributed by atoms with Crippen LogP contribution in [0.4, 0.5) is 0 Å². The minimum Gasteiger partial charge on any atom is -0.0622 e. The molecule has 108 heavy (non-hydrogen) atoms. The summed E-state index contributed by atoms with van der Waals surface area (Å²) >= 11 is 0. The van der Waals surface area contributed by atoms with Gasteiger partial charge in [0.1, 0.15) is 0 Å². The second kappa shape index (κ2) is 34.4. The molecular weight excluding hydrogens is 1300 g/mol. The second-order valence-corrected chi connectivity index (χ2v) is 27.5. The van der Waals surface area contributed by atoms with Gasteiger partial charge in [-0.15, -0.1) is 0 Å². The lowest BCUT2D eigenvalue weighted by atomic mass is 9.95. The molecule has 22 rings (SSSR count). The second-order valence-electron chi connectivity index (χ2n) is 27.5. The number of benzene rings is 20. The zero-order chi connectivity index (χ0) is 73.1. The van der Waals surface area contributed by atoms with Crippen LogP contribution in [0.2, 0.25) is 0 Å². The van der Waals surface area contributed by atoms with Gasteiger partial charge in [-0.3, -0.25) is 0 Å². The highest BCUT2D eigenvalue weighted by Gasteiger charge is 2.17. The Labute approximate surface area is 635 Å². The van der Waals surface area contributed by atoms with Gasteiger partial charge < -0.3 is 0 Å². The predicted molar refractivity (Wildman–Crippen MR) is 468 cm³/mol. The summed E-state index contributed by atoms with van der Waals surface area (Å²) in [6.45, 7) is 4.19. The zero-order valence-electron chi connectivity index (χ0n) is 61.1. The van der Waals surface area contributed by atoms with Crippen LogP contribution >= 0.6 is 0 Å². The van der Waals surface area contributed by atoms with Crippen molar-refractivity contribution < 1.29 is 0 Å². The normalized spacial score (nSPS) is 11.0. The molecule has 0 atom stereocenters. The fourth-order valence-electron chi connectivity index (χ4n) is 14.8. The van der Waals surface area contributed by atoms with Gasteiger partial charge >= 0.3 is 0 Å². The van der Waals surface area contributed by atoms with Gasteiger partial charge in [0, 0.05) is 0 Å². The Morgan fingerprint density at radius 2 is 0.352 bits per heavy atom. The molecule has 0 bridgehead atoms. The third-order valence-electron chi connectivity index (χ3n) is 20.3. The van der Waals surface area contributed by atoms with Gasteiger partial charge in [0.25, 0.3) is 0 Å². The van der Waals surface area contributed by atoms with Crippen LogP contribution in [-0.4, -0.2) is 0 Å². The highest BCUT2D eigenvalue weighted by Crippen LogP contribution is 2.39. The minimum absolute atomic E-state index is 1.10. The lowest BCUT2D eigenvalue weighted by molar-refractivity contribution is 1.26. The fourth-order valence-corrected chi connectivity index (χ4v) is 14.8. The van der Waals surface area contributed by atoms with Gasteiger partial charge in [-0.2, -0.15) is 0 Å². The van der Waals surface area contributed by atoms with Crippen LogP contribution in [0, 0.1) is 13.8 Å². The number of rotatable bonds is 2. The Balaban J connectivity index is 0.0000000994. The molecule has 0 N–H and O–H groups in total. The molecule has 2 aliphatic rings. The first-order valence-corrected chi connectivity index (χ1v) is 37.4. The summed E-state index contributed by atoms with van der Waals surface area (Å²) in [6.07, 6.45) is 2.21. The van der Waals surface area contributed by atoms with Crippen molar-refractivity contribution >= 4 is 86.2 Å². The molecule has 0 nitrogen and oxygen atoms in total. The Bertz CT molecular complexity index is 5670. The first-order chi connectivity index (χ1) is 53.4. The first kappa shape index (κ1) is 70.2. The average Bonchev–Trinajstić information content (AvgIpc) is 1.05. The molecule has 0 spiro atoms. The SMILES string of the molecule is Cc1ccc(C)cc1.c1ccc(-c2cccc(-c3ccccc3)c2)cc1.c1ccc2c(c1)Cc1ccccc1-2.c1ccc2c(c1)Cc1ccccc1-2.c1ccc2c(c1)c1ccccc1c1ccccc21.c1ccc2c(c1)ccc1ccccc12.c1ccc2cc3ccccc3cc2c1.c1ccc2ccccc2c1.